The zero-order valence-electron chi connectivity index (χ0n) is 11.3. The number of hydrogen-bond donors (Lipinski definition) is 1. The fourth-order valence-electron chi connectivity index (χ4n) is 2.58. The molecule has 94 valence electrons. The van der Waals surface area contributed by atoms with Crippen molar-refractivity contribution >= 4 is 5.78 Å². The van der Waals surface area contributed by atoms with Gasteiger partial charge in [0.1, 0.15) is 5.78 Å². The van der Waals surface area contributed by atoms with Crippen molar-refractivity contribution in [3.05, 3.63) is 0 Å². The van der Waals surface area contributed by atoms with Gasteiger partial charge in [0, 0.05) is 17.9 Å². The smallest absolute Gasteiger partial charge is 0.143 e. The van der Waals surface area contributed by atoms with Crippen molar-refractivity contribution < 1.29 is 9.53 Å². The molecule has 1 fully saturated rings. The van der Waals surface area contributed by atoms with E-state index in [1.54, 1.807) is 0 Å². The van der Waals surface area contributed by atoms with E-state index in [1.807, 2.05) is 41.5 Å². The van der Waals surface area contributed by atoms with Crippen LogP contribution in [0.3, 0.4) is 0 Å². The second-order valence-electron chi connectivity index (χ2n) is 6.27. The van der Waals surface area contributed by atoms with Crippen LogP contribution >= 0.6 is 0 Å². The highest BCUT2D eigenvalue weighted by molar-refractivity contribution is 5.85. The molecule has 1 rings (SSSR count). The van der Waals surface area contributed by atoms with Crippen molar-refractivity contribution in [2.75, 3.05) is 0 Å². The Kier molecular flexibility index (Phi) is 3.51. The highest BCUT2D eigenvalue weighted by atomic mass is 16.5. The van der Waals surface area contributed by atoms with Gasteiger partial charge in [0.15, 0.2) is 0 Å². The Hall–Kier alpha value is -0.410. The topological polar surface area (TPSA) is 52.3 Å². The minimum atomic E-state index is -0.371. The lowest BCUT2D eigenvalue weighted by Crippen LogP contribution is -2.41. The van der Waals surface area contributed by atoms with Gasteiger partial charge in [0.05, 0.1) is 11.2 Å². The summed E-state index contributed by atoms with van der Waals surface area (Å²) >= 11 is 0. The summed E-state index contributed by atoms with van der Waals surface area (Å²) in [4.78, 5) is 12.3. The Morgan fingerprint density at radius 1 is 1.31 bits per heavy atom. The Morgan fingerprint density at radius 3 is 2.12 bits per heavy atom. The lowest BCUT2D eigenvalue weighted by molar-refractivity contribution is -0.133. The van der Waals surface area contributed by atoms with Crippen molar-refractivity contribution in [2.24, 2.45) is 17.6 Å². The molecule has 1 aliphatic rings. The first-order chi connectivity index (χ1) is 7.07. The zero-order chi connectivity index (χ0) is 12.7. The van der Waals surface area contributed by atoms with Crippen molar-refractivity contribution in [3.8, 4) is 0 Å². The van der Waals surface area contributed by atoms with Crippen molar-refractivity contribution in [3.63, 3.8) is 0 Å². The van der Waals surface area contributed by atoms with Crippen LogP contribution in [0.5, 0.6) is 0 Å². The fraction of sp³-hybridized carbons (Fsp3) is 0.923. The standard InChI is InChI=1S/C13H25NO2/c1-8(9(2)14)11(15)10-7-12(3,4)16-13(10,5)6/h8-10H,7,14H2,1-6H3. The molecule has 0 radical (unpaired) electrons. The molecule has 16 heavy (non-hydrogen) atoms. The predicted molar refractivity (Wildman–Crippen MR) is 65.2 cm³/mol. The van der Waals surface area contributed by atoms with E-state index in [2.05, 4.69) is 0 Å². The number of carbonyl (C=O) groups excluding carboxylic acids is 1. The summed E-state index contributed by atoms with van der Waals surface area (Å²) in [5.74, 6) is 0.107. The molecule has 3 nitrogen and oxygen atoms in total. The summed E-state index contributed by atoms with van der Waals surface area (Å²) in [7, 11) is 0. The Balaban J connectivity index is 2.85. The molecule has 3 atom stereocenters. The maximum absolute atomic E-state index is 12.3. The van der Waals surface area contributed by atoms with E-state index in [4.69, 9.17) is 10.5 Å². The maximum Gasteiger partial charge on any atom is 0.143 e. The van der Waals surface area contributed by atoms with Gasteiger partial charge in [0.2, 0.25) is 0 Å². The van der Waals surface area contributed by atoms with Crippen LogP contribution < -0.4 is 5.73 Å². The number of rotatable bonds is 3. The van der Waals surface area contributed by atoms with Gasteiger partial charge >= 0.3 is 0 Å². The van der Waals surface area contributed by atoms with Gasteiger partial charge in [-0.05, 0) is 41.0 Å². The van der Waals surface area contributed by atoms with Crippen LogP contribution in [-0.2, 0) is 9.53 Å². The number of ether oxygens (including phenoxy) is 1. The molecule has 0 amide bonds. The van der Waals surface area contributed by atoms with Crippen molar-refractivity contribution in [2.45, 2.75) is 65.2 Å². The molecule has 3 unspecified atom stereocenters. The van der Waals surface area contributed by atoms with E-state index in [0.717, 1.165) is 6.42 Å². The van der Waals surface area contributed by atoms with Gasteiger partial charge in [-0.2, -0.15) is 0 Å². The second kappa shape index (κ2) is 4.11. The van der Waals surface area contributed by atoms with E-state index in [9.17, 15) is 4.79 Å². The molecular weight excluding hydrogens is 202 g/mol. The Bertz CT molecular complexity index is 282. The molecule has 0 saturated carbocycles. The highest BCUT2D eigenvalue weighted by Gasteiger charge is 2.50. The summed E-state index contributed by atoms with van der Waals surface area (Å²) in [6.45, 7) is 11.9. The van der Waals surface area contributed by atoms with Gasteiger partial charge in [-0.3, -0.25) is 4.79 Å². The van der Waals surface area contributed by atoms with E-state index in [0.29, 0.717) is 0 Å². The number of ketones is 1. The number of nitrogens with two attached hydrogens (primary N) is 1. The first-order valence-electron chi connectivity index (χ1n) is 6.06. The van der Waals surface area contributed by atoms with Crippen LogP contribution in [0.1, 0.15) is 48.0 Å². The first-order valence-corrected chi connectivity index (χ1v) is 6.06. The minimum Gasteiger partial charge on any atom is -0.369 e. The van der Waals surface area contributed by atoms with Gasteiger partial charge in [-0.15, -0.1) is 0 Å². The van der Waals surface area contributed by atoms with Gasteiger partial charge in [-0.25, -0.2) is 0 Å². The number of hydrogen-bond acceptors (Lipinski definition) is 3. The molecule has 1 aliphatic heterocycles. The molecule has 0 aliphatic carbocycles. The Morgan fingerprint density at radius 2 is 1.81 bits per heavy atom. The Labute approximate surface area is 98.7 Å². The normalized spacial score (nSPS) is 31.1. The largest absolute Gasteiger partial charge is 0.369 e. The molecular formula is C13H25NO2. The SMILES string of the molecule is CC(N)C(C)C(=O)C1CC(C)(C)OC1(C)C. The second-order valence-corrected chi connectivity index (χ2v) is 6.27. The summed E-state index contributed by atoms with van der Waals surface area (Å²) < 4.78 is 5.94. The molecule has 0 bridgehead atoms. The summed E-state index contributed by atoms with van der Waals surface area (Å²) in [5, 5.41) is 0. The maximum atomic E-state index is 12.3. The van der Waals surface area contributed by atoms with Gasteiger partial charge in [0.25, 0.3) is 0 Å². The average molecular weight is 227 g/mol. The minimum absolute atomic E-state index is 0.0384. The fourth-order valence-corrected chi connectivity index (χ4v) is 2.58. The van der Waals surface area contributed by atoms with Crippen molar-refractivity contribution in [1.29, 1.82) is 0 Å². The molecule has 0 aromatic rings. The van der Waals surface area contributed by atoms with E-state index < -0.39 is 0 Å². The van der Waals surface area contributed by atoms with Crippen LogP contribution in [0.25, 0.3) is 0 Å². The van der Waals surface area contributed by atoms with Crippen LogP contribution in [0.4, 0.5) is 0 Å². The quantitative estimate of drug-likeness (QED) is 0.803. The summed E-state index contributed by atoms with van der Waals surface area (Å²) in [5.41, 5.74) is 5.22. The summed E-state index contributed by atoms with van der Waals surface area (Å²) in [6, 6.07) is -0.0907. The lowest BCUT2D eigenvalue weighted by atomic mass is 9.78. The monoisotopic (exact) mass is 227 g/mol. The van der Waals surface area contributed by atoms with Crippen molar-refractivity contribution in [1.82, 2.24) is 0 Å². The average Bonchev–Trinajstić information content (AvgIpc) is 2.31. The van der Waals surface area contributed by atoms with Crippen LogP contribution in [0.2, 0.25) is 0 Å². The molecule has 3 heteroatoms. The molecule has 1 heterocycles. The van der Waals surface area contributed by atoms with E-state index in [1.165, 1.54) is 0 Å². The highest BCUT2D eigenvalue weighted by Crippen LogP contribution is 2.43. The predicted octanol–water partition coefficient (Wildman–Crippen LogP) is 2.13. The molecule has 0 aromatic carbocycles. The van der Waals surface area contributed by atoms with Crippen LogP contribution in [-0.4, -0.2) is 23.0 Å². The third-order valence-corrected chi connectivity index (χ3v) is 3.66. The zero-order valence-corrected chi connectivity index (χ0v) is 11.3. The number of carbonyl (C=O) groups is 1. The third-order valence-electron chi connectivity index (χ3n) is 3.66. The van der Waals surface area contributed by atoms with Gasteiger partial charge in [-0.1, -0.05) is 6.92 Å². The molecule has 0 spiro atoms. The lowest BCUT2D eigenvalue weighted by Gasteiger charge is -2.28. The van der Waals surface area contributed by atoms with E-state index >= 15 is 0 Å². The summed E-state index contributed by atoms with van der Waals surface area (Å²) in [6.07, 6.45) is 0.788. The molecule has 0 aromatic heterocycles. The third kappa shape index (κ3) is 2.64. The molecule has 2 N–H and O–H groups in total. The number of Topliss-reactive ketones (excluding diaryl/α,β-unsaturated/α-hetero) is 1. The first kappa shape index (κ1) is 13.7. The van der Waals surface area contributed by atoms with Crippen LogP contribution in [0, 0.1) is 11.8 Å². The van der Waals surface area contributed by atoms with Gasteiger partial charge < -0.3 is 10.5 Å². The molecule has 1 saturated heterocycles. The van der Waals surface area contributed by atoms with E-state index in [-0.39, 0.29) is 34.9 Å². The van der Waals surface area contributed by atoms with Crippen LogP contribution in [0.15, 0.2) is 0 Å².